The minimum absolute atomic E-state index is 0.276. The lowest BCUT2D eigenvalue weighted by Gasteiger charge is -2.30. The summed E-state index contributed by atoms with van der Waals surface area (Å²) in [6.07, 6.45) is 11.0. The summed E-state index contributed by atoms with van der Waals surface area (Å²) in [6.45, 7) is 3.26. The molecule has 1 saturated carbocycles. The summed E-state index contributed by atoms with van der Waals surface area (Å²) in [5.41, 5.74) is 0. The van der Waals surface area contributed by atoms with Gasteiger partial charge >= 0.3 is 0 Å². The van der Waals surface area contributed by atoms with Gasteiger partial charge in [0.15, 0.2) is 0 Å². The zero-order valence-electron chi connectivity index (χ0n) is 11.7. The lowest BCUT2D eigenvalue weighted by Crippen LogP contribution is -2.51. The molecule has 0 bridgehead atoms. The summed E-state index contributed by atoms with van der Waals surface area (Å²) in [6, 6.07) is 0.759. The molecule has 2 aliphatic rings. The molecule has 1 amide bonds. The Balaban J connectivity index is 1.77. The van der Waals surface area contributed by atoms with Crippen LogP contribution < -0.4 is 10.6 Å². The van der Waals surface area contributed by atoms with E-state index in [1.165, 1.54) is 44.9 Å². The highest BCUT2D eigenvalue weighted by atomic mass is 16.1. The van der Waals surface area contributed by atoms with Gasteiger partial charge < -0.3 is 10.6 Å². The molecule has 0 aromatic carbocycles. The van der Waals surface area contributed by atoms with E-state index in [1.807, 2.05) is 0 Å². The van der Waals surface area contributed by atoms with Crippen molar-refractivity contribution in [3.05, 3.63) is 0 Å². The molecule has 1 aliphatic heterocycles. The van der Waals surface area contributed by atoms with E-state index in [-0.39, 0.29) is 12.0 Å². The van der Waals surface area contributed by atoms with Crippen LogP contribution in [-0.4, -0.2) is 24.5 Å². The summed E-state index contributed by atoms with van der Waals surface area (Å²) in [7, 11) is 0. The fraction of sp³-hybridized carbons (Fsp3) is 0.933. The summed E-state index contributed by atoms with van der Waals surface area (Å²) in [5, 5.41) is 6.77. The van der Waals surface area contributed by atoms with E-state index in [2.05, 4.69) is 17.6 Å². The fourth-order valence-electron chi connectivity index (χ4n) is 3.29. The van der Waals surface area contributed by atoms with Gasteiger partial charge in [-0.15, -0.1) is 0 Å². The van der Waals surface area contributed by atoms with E-state index < -0.39 is 0 Å². The van der Waals surface area contributed by atoms with Crippen LogP contribution >= 0.6 is 0 Å². The van der Waals surface area contributed by atoms with E-state index >= 15 is 0 Å². The quantitative estimate of drug-likeness (QED) is 0.758. The van der Waals surface area contributed by atoms with Crippen LogP contribution in [-0.2, 0) is 4.79 Å². The second-order valence-corrected chi connectivity index (χ2v) is 6.04. The molecule has 2 unspecified atom stereocenters. The van der Waals surface area contributed by atoms with Crippen molar-refractivity contribution in [1.82, 2.24) is 10.6 Å². The first kappa shape index (κ1) is 13.9. The van der Waals surface area contributed by atoms with Gasteiger partial charge in [0.05, 0.1) is 0 Å². The molecule has 2 fully saturated rings. The van der Waals surface area contributed by atoms with Crippen LogP contribution in [0.1, 0.15) is 64.7 Å². The average Bonchev–Trinajstić information content (AvgIpc) is 2.68. The Morgan fingerprint density at radius 1 is 1.06 bits per heavy atom. The van der Waals surface area contributed by atoms with Crippen molar-refractivity contribution in [2.75, 3.05) is 6.54 Å². The van der Waals surface area contributed by atoms with Crippen LogP contribution in [0.3, 0.4) is 0 Å². The Morgan fingerprint density at radius 3 is 2.33 bits per heavy atom. The molecule has 104 valence electrons. The monoisotopic (exact) mass is 252 g/mol. The molecule has 0 radical (unpaired) electrons. The van der Waals surface area contributed by atoms with Crippen LogP contribution in [0.2, 0.25) is 0 Å². The summed E-state index contributed by atoms with van der Waals surface area (Å²) >= 11 is 0. The van der Waals surface area contributed by atoms with E-state index in [4.69, 9.17) is 0 Å². The number of hydrogen-bond acceptors (Lipinski definition) is 2. The fourth-order valence-corrected chi connectivity index (χ4v) is 3.29. The number of hydrogen-bond donors (Lipinski definition) is 2. The van der Waals surface area contributed by atoms with Crippen molar-refractivity contribution >= 4 is 5.91 Å². The van der Waals surface area contributed by atoms with Crippen molar-refractivity contribution in [3.63, 3.8) is 0 Å². The van der Waals surface area contributed by atoms with Crippen LogP contribution in [0.4, 0.5) is 0 Å². The van der Waals surface area contributed by atoms with E-state index in [0.717, 1.165) is 19.4 Å². The molecule has 18 heavy (non-hydrogen) atoms. The van der Waals surface area contributed by atoms with Crippen LogP contribution in [0.5, 0.6) is 0 Å². The minimum atomic E-state index is 0.276. The molecule has 3 nitrogen and oxygen atoms in total. The Kier molecular flexibility index (Phi) is 5.48. The van der Waals surface area contributed by atoms with Crippen molar-refractivity contribution in [2.45, 2.75) is 76.8 Å². The number of nitrogens with one attached hydrogen (secondary N) is 2. The molecular weight excluding hydrogens is 224 g/mol. The van der Waals surface area contributed by atoms with Crippen LogP contribution in [0.15, 0.2) is 0 Å². The first-order chi connectivity index (χ1) is 8.77. The van der Waals surface area contributed by atoms with Crippen molar-refractivity contribution in [3.8, 4) is 0 Å². The zero-order chi connectivity index (χ0) is 12.8. The maximum Gasteiger partial charge on any atom is 0.223 e. The highest BCUT2D eigenvalue weighted by molar-refractivity contribution is 5.79. The van der Waals surface area contributed by atoms with Gasteiger partial charge in [-0.1, -0.05) is 32.1 Å². The van der Waals surface area contributed by atoms with E-state index in [1.54, 1.807) is 0 Å². The summed E-state index contributed by atoms with van der Waals surface area (Å²) in [5.74, 6) is 0.579. The average molecular weight is 252 g/mol. The normalized spacial score (nSPS) is 28.4. The van der Waals surface area contributed by atoms with Gasteiger partial charge in [0.25, 0.3) is 0 Å². The molecule has 2 rings (SSSR count). The van der Waals surface area contributed by atoms with Crippen LogP contribution in [0.25, 0.3) is 0 Å². The topological polar surface area (TPSA) is 41.1 Å². The van der Waals surface area contributed by atoms with Gasteiger partial charge in [-0.3, -0.25) is 4.79 Å². The Hall–Kier alpha value is -0.570. The Labute approximate surface area is 111 Å². The van der Waals surface area contributed by atoms with Gasteiger partial charge in [-0.2, -0.15) is 0 Å². The zero-order valence-corrected chi connectivity index (χ0v) is 11.7. The van der Waals surface area contributed by atoms with Gasteiger partial charge in [0.1, 0.15) is 0 Å². The first-order valence-electron chi connectivity index (χ1n) is 7.81. The maximum absolute atomic E-state index is 12.3. The second-order valence-electron chi connectivity index (χ2n) is 6.04. The summed E-state index contributed by atoms with van der Waals surface area (Å²) < 4.78 is 0. The molecule has 0 aromatic rings. The lowest BCUT2D eigenvalue weighted by molar-refractivity contribution is -0.126. The minimum Gasteiger partial charge on any atom is -0.352 e. The van der Waals surface area contributed by atoms with E-state index in [0.29, 0.717) is 11.9 Å². The Bertz CT molecular complexity index is 253. The predicted molar refractivity (Wildman–Crippen MR) is 74.4 cm³/mol. The molecule has 2 N–H and O–H groups in total. The third-order valence-corrected chi connectivity index (χ3v) is 4.55. The Morgan fingerprint density at radius 2 is 1.72 bits per heavy atom. The molecule has 3 heteroatoms. The number of carbonyl (C=O) groups excluding carboxylic acids is 1. The molecule has 1 saturated heterocycles. The number of carbonyl (C=O) groups is 1. The number of amides is 1. The first-order valence-corrected chi connectivity index (χ1v) is 7.81. The van der Waals surface area contributed by atoms with Crippen molar-refractivity contribution in [2.24, 2.45) is 5.92 Å². The molecule has 1 heterocycles. The smallest absolute Gasteiger partial charge is 0.223 e. The molecule has 0 aromatic heterocycles. The lowest BCUT2D eigenvalue weighted by atomic mass is 9.96. The van der Waals surface area contributed by atoms with Gasteiger partial charge in [0.2, 0.25) is 5.91 Å². The predicted octanol–water partition coefficient (Wildman–Crippen LogP) is 2.60. The highest BCUT2D eigenvalue weighted by Crippen LogP contribution is 2.23. The number of rotatable bonds is 3. The second kappa shape index (κ2) is 7.13. The molecular formula is C15H28N2O. The highest BCUT2D eigenvalue weighted by Gasteiger charge is 2.25. The third-order valence-electron chi connectivity index (χ3n) is 4.55. The third kappa shape index (κ3) is 3.98. The van der Waals surface area contributed by atoms with Gasteiger partial charge in [0, 0.05) is 18.0 Å². The SMILES string of the molecule is CC(NC(=O)C1CCCCCC1)C1CCCCN1. The van der Waals surface area contributed by atoms with Crippen molar-refractivity contribution < 1.29 is 4.79 Å². The van der Waals surface area contributed by atoms with Gasteiger partial charge in [-0.25, -0.2) is 0 Å². The molecule has 0 spiro atoms. The van der Waals surface area contributed by atoms with Crippen molar-refractivity contribution in [1.29, 1.82) is 0 Å². The molecule has 1 aliphatic carbocycles. The number of piperidine rings is 1. The maximum atomic E-state index is 12.3. The largest absolute Gasteiger partial charge is 0.352 e. The van der Waals surface area contributed by atoms with Crippen LogP contribution in [0, 0.1) is 5.92 Å². The summed E-state index contributed by atoms with van der Waals surface area (Å²) in [4.78, 5) is 12.3. The molecule has 2 atom stereocenters. The standard InChI is InChI=1S/C15H28N2O/c1-12(14-10-6-7-11-16-14)17-15(18)13-8-4-2-3-5-9-13/h12-14,16H,2-11H2,1H3,(H,17,18). The van der Waals surface area contributed by atoms with Gasteiger partial charge in [-0.05, 0) is 39.2 Å². The van der Waals surface area contributed by atoms with E-state index in [9.17, 15) is 4.79 Å².